The van der Waals surface area contributed by atoms with Gasteiger partial charge in [0, 0.05) is 5.69 Å². The molecule has 2 amide bonds. The molecule has 0 saturated carbocycles. The molecule has 4 rings (SSSR count). The van der Waals surface area contributed by atoms with Gasteiger partial charge in [-0.15, -0.1) is 0 Å². The van der Waals surface area contributed by atoms with Crippen molar-refractivity contribution in [3.8, 4) is 0 Å². The molecule has 0 radical (unpaired) electrons. The van der Waals surface area contributed by atoms with Gasteiger partial charge in [0.15, 0.2) is 24.0 Å². The number of rotatable bonds is 5. The van der Waals surface area contributed by atoms with Gasteiger partial charge in [-0.25, -0.2) is 0 Å². The van der Waals surface area contributed by atoms with Gasteiger partial charge in [0.2, 0.25) is 5.91 Å². The van der Waals surface area contributed by atoms with Crippen molar-refractivity contribution in [2.45, 2.75) is 70.0 Å². The molecular formula is C20H26N3O9-. The normalized spacial score (nSPS) is 32.0. The number of fused-ring (bicyclic) bond motifs is 3. The lowest BCUT2D eigenvalue weighted by Crippen LogP contribution is -2.59. The van der Waals surface area contributed by atoms with Gasteiger partial charge in [-0.3, -0.25) is 14.8 Å². The lowest BCUT2D eigenvalue weighted by atomic mass is 9.98. The van der Waals surface area contributed by atoms with Crippen LogP contribution in [0.2, 0.25) is 0 Å². The summed E-state index contributed by atoms with van der Waals surface area (Å²) < 4.78 is 29.4. The third-order valence-electron chi connectivity index (χ3n) is 5.21. The Morgan fingerprint density at radius 3 is 2.25 bits per heavy atom. The van der Waals surface area contributed by atoms with Crippen LogP contribution in [0.3, 0.4) is 0 Å². The molecular weight excluding hydrogens is 426 g/mol. The van der Waals surface area contributed by atoms with Crippen molar-refractivity contribution < 1.29 is 38.5 Å². The van der Waals surface area contributed by atoms with Crippen LogP contribution in [0, 0.1) is 5.21 Å². The average Bonchev–Trinajstić information content (AvgIpc) is 3.19. The van der Waals surface area contributed by atoms with E-state index in [0.717, 1.165) is 0 Å². The van der Waals surface area contributed by atoms with E-state index in [-0.39, 0.29) is 17.5 Å². The van der Waals surface area contributed by atoms with E-state index < -0.39 is 54.1 Å². The zero-order valence-corrected chi connectivity index (χ0v) is 18.1. The van der Waals surface area contributed by atoms with E-state index >= 15 is 0 Å². The highest BCUT2D eigenvalue weighted by Crippen LogP contribution is 2.44. The molecule has 0 bridgehead atoms. The van der Waals surface area contributed by atoms with Crippen LogP contribution >= 0.6 is 0 Å². The minimum atomic E-state index is -1.07. The standard InChI is InChI=1S/C20H26N3O9/c1-19(2)29-13-14(30-19)16-18(32-20(3,4)31-16)28-15(13)17(25)21-9-12(24)22-10-5-7-11(8-6-10)23(26)27/h5-8,13-16,18,26H,9H2,1-4H3,(H,21,25)(H,22,24)/q-1/t13-,14-,15+,16-,18+/m1/s1. The summed E-state index contributed by atoms with van der Waals surface area (Å²) in [6.07, 6.45) is -3.77. The van der Waals surface area contributed by atoms with Gasteiger partial charge in [0.1, 0.15) is 18.3 Å². The topological polar surface area (TPSA) is 151 Å². The maximum atomic E-state index is 12.9. The van der Waals surface area contributed by atoms with Crippen molar-refractivity contribution in [3.05, 3.63) is 29.5 Å². The Hall–Kier alpha value is -2.32. The highest BCUT2D eigenvalue weighted by Gasteiger charge is 2.62. The van der Waals surface area contributed by atoms with Crippen molar-refractivity contribution in [2.24, 2.45) is 0 Å². The lowest BCUT2D eigenvalue weighted by Gasteiger charge is -2.36. The van der Waals surface area contributed by atoms with Crippen LogP contribution in [0.1, 0.15) is 27.7 Å². The average molecular weight is 452 g/mol. The SMILES string of the molecule is CC1(C)O[C@@H]2[C@@H](O1)[C@@H](C(=O)NCC(=O)Nc1ccc(N([O-])O)cc1)O[C@H]1OC(C)(C)O[C@@H]12. The van der Waals surface area contributed by atoms with Gasteiger partial charge >= 0.3 is 0 Å². The van der Waals surface area contributed by atoms with Gasteiger partial charge in [-0.1, -0.05) is 0 Å². The number of amides is 2. The predicted octanol–water partition coefficient (Wildman–Crippen LogP) is 0.831. The third kappa shape index (κ3) is 4.71. The van der Waals surface area contributed by atoms with Crippen molar-refractivity contribution in [1.29, 1.82) is 0 Å². The number of anilines is 2. The molecule has 0 spiro atoms. The van der Waals surface area contributed by atoms with Crippen LogP contribution in [0.25, 0.3) is 0 Å². The van der Waals surface area contributed by atoms with Gasteiger partial charge in [-0.05, 0) is 52.0 Å². The Morgan fingerprint density at radius 1 is 1.00 bits per heavy atom. The second-order valence-electron chi connectivity index (χ2n) is 8.68. The third-order valence-corrected chi connectivity index (χ3v) is 5.21. The Balaban J connectivity index is 1.37. The summed E-state index contributed by atoms with van der Waals surface area (Å²) in [5.74, 6) is -2.90. The Morgan fingerprint density at radius 2 is 1.59 bits per heavy atom. The molecule has 0 unspecified atom stereocenters. The number of ether oxygens (including phenoxy) is 5. The van der Waals surface area contributed by atoms with Gasteiger partial charge in [-0.2, -0.15) is 0 Å². The molecule has 12 nitrogen and oxygen atoms in total. The first-order valence-electron chi connectivity index (χ1n) is 10.1. The van der Waals surface area contributed by atoms with Crippen LogP contribution in [0.5, 0.6) is 0 Å². The molecule has 3 heterocycles. The maximum Gasteiger partial charge on any atom is 0.252 e. The number of nitrogens with zero attached hydrogens (tertiary/aromatic N) is 1. The molecule has 32 heavy (non-hydrogen) atoms. The second-order valence-corrected chi connectivity index (χ2v) is 8.68. The number of hydrogen-bond donors (Lipinski definition) is 3. The van der Waals surface area contributed by atoms with E-state index in [9.17, 15) is 14.8 Å². The number of benzene rings is 1. The Kier molecular flexibility index (Phi) is 5.88. The minimum Gasteiger partial charge on any atom is -0.733 e. The number of carbonyl (C=O) groups excluding carboxylic acids is 2. The fraction of sp³-hybridized carbons (Fsp3) is 0.600. The smallest absolute Gasteiger partial charge is 0.252 e. The van der Waals surface area contributed by atoms with E-state index in [1.807, 2.05) is 0 Å². The Bertz CT molecular complexity index is 874. The fourth-order valence-corrected chi connectivity index (χ4v) is 3.97. The quantitative estimate of drug-likeness (QED) is 0.548. The molecule has 1 aromatic carbocycles. The van der Waals surface area contributed by atoms with Crippen molar-refractivity contribution >= 4 is 23.2 Å². The monoisotopic (exact) mass is 452 g/mol. The summed E-state index contributed by atoms with van der Waals surface area (Å²) in [6, 6.07) is 5.54. The zero-order chi connectivity index (χ0) is 23.3. The van der Waals surface area contributed by atoms with E-state index in [2.05, 4.69) is 10.6 Å². The van der Waals surface area contributed by atoms with Gasteiger partial charge in [0.05, 0.1) is 12.2 Å². The van der Waals surface area contributed by atoms with Crippen molar-refractivity contribution in [2.75, 3.05) is 17.1 Å². The van der Waals surface area contributed by atoms with Crippen LogP contribution in [0.4, 0.5) is 11.4 Å². The summed E-state index contributed by atoms with van der Waals surface area (Å²) in [7, 11) is 0. The van der Waals surface area contributed by atoms with Crippen LogP contribution in [-0.2, 0) is 33.3 Å². The number of hydrogen-bond acceptors (Lipinski definition) is 10. The largest absolute Gasteiger partial charge is 0.733 e. The van der Waals surface area contributed by atoms with E-state index in [1.54, 1.807) is 27.7 Å². The van der Waals surface area contributed by atoms with Crippen molar-refractivity contribution in [3.63, 3.8) is 0 Å². The number of nitrogens with one attached hydrogen (secondary N) is 2. The van der Waals surface area contributed by atoms with Crippen LogP contribution < -0.4 is 15.9 Å². The van der Waals surface area contributed by atoms with Gasteiger partial charge in [0.25, 0.3) is 5.91 Å². The van der Waals surface area contributed by atoms with Gasteiger partial charge < -0.3 is 44.8 Å². The lowest BCUT2D eigenvalue weighted by molar-refractivity contribution is -0.231. The summed E-state index contributed by atoms with van der Waals surface area (Å²) in [5, 5.41) is 24.5. The summed E-state index contributed by atoms with van der Waals surface area (Å²) in [4.78, 5) is 25.1. The first-order valence-corrected chi connectivity index (χ1v) is 10.1. The molecule has 12 heteroatoms. The predicted molar refractivity (Wildman–Crippen MR) is 108 cm³/mol. The molecule has 3 saturated heterocycles. The van der Waals surface area contributed by atoms with E-state index in [4.69, 9.17) is 28.9 Å². The molecule has 3 aliphatic heterocycles. The first-order chi connectivity index (χ1) is 14.9. The minimum absolute atomic E-state index is 0.0154. The Labute approximate surface area is 184 Å². The molecule has 3 fully saturated rings. The molecule has 1 aromatic rings. The molecule has 5 atom stereocenters. The highest BCUT2D eigenvalue weighted by atomic mass is 16.9. The summed E-state index contributed by atoms with van der Waals surface area (Å²) in [6.45, 7) is 6.62. The molecule has 176 valence electrons. The zero-order valence-electron chi connectivity index (χ0n) is 18.1. The highest BCUT2D eigenvalue weighted by molar-refractivity contribution is 5.95. The van der Waals surface area contributed by atoms with Crippen LogP contribution in [-0.4, -0.2) is 65.8 Å². The first kappa shape index (κ1) is 22.9. The molecule has 3 aliphatic rings. The maximum absolute atomic E-state index is 12.9. The summed E-state index contributed by atoms with van der Waals surface area (Å²) in [5.41, 5.74) is 0.404. The fourth-order valence-electron chi connectivity index (χ4n) is 3.97. The number of carbonyl (C=O) groups is 2. The molecule has 0 aromatic heterocycles. The second kappa shape index (κ2) is 8.23. The van der Waals surface area contributed by atoms with Crippen molar-refractivity contribution in [1.82, 2.24) is 5.32 Å². The summed E-state index contributed by atoms with van der Waals surface area (Å²) >= 11 is 0. The molecule has 0 aliphatic carbocycles. The van der Waals surface area contributed by atoms with E-state index in [1.165, 1.54) is 24.3 Å². The van der Waals surface area contributed by atoms with E-state index in [0.29, 0.717) is 5.69 Å². The van der Waals surface area contributed by atoms with Crippen LogP contribution in [0.15, 0.2) is 24.3 Å². The molecule has 3 N–H and O–H groups in total.